The van der Waals surface area contributed by atoms with Gasteiger partial charge >= 0.3 is 11.9 Å². The van der Waals surface area contributed by atoms with E-state index in [9.17, 15) is 9.59 Å². The van der Waals surface area contributed by atoms with Crippen LogP contribution in [0, 0.1) is 11.8 Å². The van der Waals surface area contributed by atoms with Crippen molar-refractivity contribution in [1.29, 1.82) is 0 Å². The lowest BCUT2D eigenvalue weighted by Gasteiger charge is -2.26. The van der Waals surface area contributed by atoms with Gasteiger partial charge in [-0.25, -0.2) is 9.59 Å². The molecule has 1 saturated heterocycles. The summed E-state index contributed by atoms with van der Waals surface area (Å²) in [6, 6.07) is 15.6. The predicted molar refractivity (Wildman–Crippen MR) is 143 cm³/mol. The van der Waals surface area contributed by atoms with Crippen LogP contribution in [-0.4, -0.2) is 45.0 Å². The highest BCUT2D eigenvalue weighted by atomic mass is 16.8. The molecule has 2 aromatic rings. The maximum Gasteiger partial charge on any atom is 0.338 e. The van der Waals surface area contributed by atoms with Gasteiger partial charge in [0.1, 0.15) is 12.4 Å². The quantitative estimate of drug-likeness (QED) is 0.279. The average molecular weight is 523 g/mol. The van der Waals surface area contributed by atoms with Crippen molar-refractivity contribution in [3.63, 3.8) is 0 Å². The Morgan fingerprint density at radius 3 is 1.92 bits per heavy atom. The van der Waals surface area contributed by atoms with Gasteiger partial charge in [0.05, 0.1) is 14.2 Å². The molecule has 0 spiro atoms. The van der Waals surface area contributed by atoms with Crippen LogP contribution in [0.5, 0.6) is 5.75 Å². The first-order valence-electron chi connectivity index (χ1n) is 13.5. The molecule has 7 nitrogen and oxygen atoms in total. The van der Waals surface area contributed by atoms with Crippen molar-refractivity contribution in [3.05, 3.63) is 66.2 Å². The monoisotopic (exact) mass is 522 g/mol. The third-order valence-corrected chi connectivity index (χ3v) is 7.40. The van der Waals surface area contributed by atoms with Crippen LogP contribution in [0.4, 0.5) is 0 Å². The third kappa shape index (κ3) is 7.03. The molecule has 1 saturated carbocycles. The van der Waals surface area contributed by atoms with E-state index in [2.05, 4.69) is 19.1 Å². The van der Waals surface area contributed by atoms with Crippen LogP contribution in [0.2, 0.25) is 0 Å². The summed E-state index contributed by atoms with van der Waals surface area (Å²) in [6.07, 6.45) is 9.22. The molecule has 0 N–H and O–H groups in total. The minimum atomic E-state index is -1.18. The first-order chi connectivity index (χ1) is 18.5. The highest BCUT2D eigenvalue weighted by Gasteiger charge is 2.47. The lowest BCUT2D eigenvalue weighted by Crippen LogP contribution is -2.38. The van der Waals surface area contributed by atoms with Gasteiger partial charge in [0, 0.05) is 5.56 Å². The Morgan fingerprint density at radius 1 is 0.842 bits per heavy atom. The van der Waals surface area contributed by atoms with E-state index in [0.29, 0.717) is 18.1 Å². The molecule has 1 heterocycles. The van der Waals surface area contributed by atoms with Crippen LogP contribution in [0.1, 0.15) is 57.3 Å². The second-order valence-electron chi connectivity index (χ2n) is 9.95. The first kappa shape index (κ1) is 27.9. The molecule has 2 fully saturated rings. The van der Waals surface area contributed by atoms with Crippen LogP contribution in [0.15, 0.2) is 60.7 Å². The van der Waals surface area contributed by atoms with Crippen molar-refractivity contribution in [2.75, 3.05) is 20.8 Å². The zero-order valence-corrected chi connectivity index (χ0v) is 22.5. The average Bonchev–Trinajstić information content (AvgIpc) is 3.42. The van der Waals surface area contributed by atoms with Gasteiger partial charge in [0.25, 0.3) is 0 Å². The molecule has 1 aliphatic heterocycles. The fourth-order valence-corrected chi connectivity index (χ4v) is 5.24. The van der Waals surface area contributed by atoms with Crippen molar-refractivity contribution >= 4 is 11.9 Å². The van der Waals surface area contributed by atoms with Gasteiger partial charge in [-0.05, 0) is 60.8 Å². The van der Waals surface area contributed by atoms with E-state index in [4.69, 9.17) is 23.7 Å². The van der Waals surface area contributed by atoms with Crippen LogP contribution in [-0.2, 0) is 28.5 Å². The summed E-state index contributed by atoms with van der Waals surface area (Å²) < 4.78 is 26.7. The molecule has 2 atom stereocenters. The van der Waals surface area contributed by atoms with E-state index in [1.807, 2.05) is 48.5 Å². The van der Waals surface area contributed by atoms with E-state index < -0.39 is 30.4 Å². The smallest absolute Gasteiger partial charge is 0.338 e. The van der Waals surface area contributed by atoms with E-state index in [1.165, 1.54) is 52.7 Å². The number of carbonyl (C=O) groups excluding carboxylic acids is 2. The van der Waals surface area contributed by atoms with E-state index in [1.54, 1.807) is 0 Å². The number of hydrogen-bond donors (Lipinski definition) is 0. The summed E-state index contributed by atoms with van der Waals surface area (Å²) in [5.41, 5.74) is 2.72. The van der Waals surface area contributed by atoms with E-state index >= 15 is 0 Å². The Kier molecular flexibility index (Phi) is 9.96. The molecule has 7 heteroatoms. The second kappa shape index (κ2) is 13.6. The summed E-state index contributed by atoms with van der Waals surface area (Å²) in [4.78, 5) is 24.1. The fourth-order valence-electron chi connectivity index (χ4n) is 5.24. The van der Waals surface area contributed by atoms with Crippen molar-refractivity contribution < 1.29 is 33.3 Å². The van der Waals surface area contributed by atoms with Gasteiger partial charge in [-0.3, -0.25) is 0 Å². The van der Waals surface area contributed by atoms with Gasteiger partial charge in [0.2, 0.25) is 0 Å². The topological polar surface area (TPSA) is 80.3 Å². The summed E-state index contributed by atoms with van der Waals surface area (Å²) >= 11 is 0. The Bertz CT molecular complexity index is 1040. The number of allylic oxidation sites excluding steroid dienone is 1. The molecule has 2 aliphatic rings. The Morgan fingerprint density at radius 2 is 1.39 bits per heavy atom. The van der Waals surface area contributed by atoms with Gasteiger partial charge in [0.15, 0.2) is 18.5 Å². The minimum absolute atomic E-state index is 0.573. The van der Waals surface area contributed by atoms with Crippen molar-refractivity contribution in [1.82, 2.24) is 0 Å². The predicted octanol–water partition coefficient (Wildman–Crippen LogP) is 6.02. The van der Waals surface area contributed by atoms with Gasteiger partial charge in [-0.2, -0.15) is 0 Å². The minimum Gasteiger partial charge on any atom is -0.490 e. The van der Waals surface area contributed by atoms with Crippen LogP contribution >= 0.6 is 0 Å². The molecule has 4 rings (SSSR count). The van der Waals surface area contributed by atoms with Gasteiger partial charge < -0.3 is 23.7 Å². The Balaban J connectivity index is 1.28. The molecular formula is C31H38O7. The molecule has 0 unspecified atom stereocenters. The van der Waals surface area contributed by atoms with Crippen LogP contribution < -0.4 is 4.74 Å². The maximum atomic E-state index is 12.0. The molecule has 0 amide bonds. The highest BCUT2D eigenvalue weighted by Crippen LogP contribution is 2.34. The first-order valence-corrected chi connectivity index (χ1v) is 13.5. The number of hydrogen-bond acceptors (Lipinski definition) is 7. The van der Waals surface area contributed by atoms with Crippen molar-refractivity contribution in [3.8, 4) is 16.9 Å². The number of ether oxygens (including phenoxy) is 5. The summed E-state index contributed by atoms with van der Waals surface area (Å²) in [5, 5.41) is 0. The van der Waals surface area contributed by atoms with Crippen LogP contribution in [0.25, 0.3) is 11.1 Å². The molecule has 0 aromatic heterocycles. The molecule has 1 aliphatic carbocycles. The van der Waals surface area contributed by atoms with Gasteiger partial charge in [-0.1, -0.05) is 68.3 Å². The summed E-state index contributed by atoms with van der Waals surface area (Å²) in [7, 11) is 2.46. The number of benzene rings is 2. The molecule has 0 bridgehead atoms. The van der Waals surface area contributed by atoms with Crippen molar-refractivity contribution in [2.45, 2.75) is 63.9 Å². The highest BCUT2D eigenvalue weighted by molar-refractivity contribution is 5.86. The Hall–Kier alpha value is -3.16. The SMILES string of the molecule is CCC[C@H]1CC[C@H](/C=C/COc2ccc(-c3ccc(C4O[C@@H](C(=O)OC)[C@H](C(=O)OC)O4)cc3)cc2)CC1. The largest absolute Gasteiger partial charge is 0.490 e. The zero-order valence-electron chi connectivity index (χ0n) is 22.5. The van der Waals surface area contributed by atoms with Crippen LogP contribution in [0.3, 0.4) is 0 Å². The maximum absolute atomic E-state index is 12.0. The number of esters is 2. The summed E-state index contributed by atoms with van der Waals surface area (Å²) in [5.74, 6) is 1.07. The molecule has 204 valence electrons. The number of methoxy groups -OCH3 is 2. The summed E-state index contributed by atoms with van der Waals surface area (Å²) in [6.45, 7) is 2.85. The van der Waals surface area contributed by atoms with E-state index in [0.717, 1.165) is 22.8 Å². The Labute approximate surface area is 225 Å². The normalized spacial score (nSPS) is 23.9. The lowest BCUT2D eigenvalue weighted by molar-refractivity contribution is -0.160. The third-order valence-electron chi connectivity index (χ3n) is 7.40. The zero-order chi connectivity index (χ0) is 26.9. The fraction of sp³-hybridized carbons (Fsp3) is 0.484. The standard InChI is InChI=1S/C31H38O7/c1-4-6-21-8-10-22(11-9-21)7-5-20-36-26-18-16-24(17-19-26)23-12-14-25(15-13-23)31-37-27(29(32)34-2)28(38-31)30(33)35-3/h5,7,12-19,21-22,27-28,31H,4,6,8-11,20H2,1-3H3/b7-5+/t21-,22-,27-,28-/m1/s1. The molecule has 0 radical (unpaired) electrons. The van der Waals surface area contributed by atoms with E-state index in [-0.39, 0.29) is 0 Å². The number of carbonyl (C=O) groups is 2. The second-order valence-corrected chi connectivity index (χ2v) is 9.95. The van der Waals surface area contributed by atoms with Crippen molar-refractivity contribution in [2.24, 2.45) is 11.8 Å². The number of rotatable bonds is 10. The molecule has 2 aromatic carbocycles. The lowest BCUT2D eigenvalue weighted by atomic mass is 9.80. The molecular weight excluding hydrogens is 484 g/mol. The van der Waals surface area contributed by atoms with Gasteiger partial charge in [-0.15, -0.1) is 0 Å². The molecule has 38 heavy (non-hydrogen) atoms.